The molecule has 104 valence electrons. The van der Waals surface area contributed by atoms with Gasteiger partial charge in [-0.25, -0.2) is 0 Å². The molecule has 0 saturated heterocycles. The molecule has 1 aromatic carbocycles. The third-order valence-corrected chi connectivity index (χ3v) is 3.04. The van der Waals surface area contributed by atoms with E-state index in [4.69, 9.17) is 5.11 Å². The molecule has 0 aliphatic rings. The minimum absolute atomic E-state index is 0.0337. The van der Waals surface area contributed by atoms with Crippen molar-refractivity contribution in [2.75, 3.05) is 5.32 Å². The lowest BCUT2D eigenvalue weighted by molar-refractivity contribution is 0.101. The maximum Gasteiger partial charge on any atom is 0.272 e. The van der Waals surface area contributed by atoms with Crippen LogP contribution in [0.25, 0.3) is 0 Å². The molecular formula is C15H16N2O3. The molecule has 1 amide bonds. The van der Waals surface area contributed by atoms with Crippen LogP contribution in [0.5, 0.6) is 0 Å². The van der Waals surface area contributed by atoms with Crippen LogP contribution < -0.4 is 5.32 Å². The third kappa shape index (κ3) is 2.95. The van der Waals surface area contributed by atoms with Crippen LogP contribution in [0.3, 0.4) is 0 Å². The van der Waals surface area contributed by atoms with Gasteiger partial charge >= 0.3 is 0 Å². The Hall–Kier alpha value is -2.40. The van der Waals surface area contributed by atoms with Crippen LogP contribution in [-0.2, 0) is 13.7 Å². The number of aryl methyl sites for hydroxylation is 1. The number of amides is 1. The highest BCUT2D eigenvalue weighted by molar-refractivity contribution is 6.05. The average Bonchev–Trinajstić information content (AvgIpc) is 2.82. The third-order valence-electron chi connectivity index (χ3n) is 3.04. The standard InChI is InChI=1S/C15H16N2O3/c1-10(19)12-7-14(17(2)8-12)15(20)16-13-5-3-11(9-18)4-6-13/h3-8,18H,9H2,1-2H3,(H,16,20). The molecular weight excluding hydrogens is 256 g/mol. The van der Waals surface area contributed by atoms with E-state index >= 15 is 0 Å². The summed E-state index contributed by atoms with van der Waals surface area (Å²) in [7, 11) is 1.72. The highest BCUT2D eigenvalue weighted by Crippen LogP contribution is 2.13. The smallest absolute Gasteiger partial charge is 0.272 e. The van der Waals surface area contributed by atoms with E-state index in [0.717, 1.165) is 5.56 Å². The Bertz CT molecular complexity index is 642. The molecule has 0 atom stereocenters. The summed E-state index contributed by atoms with van der Waals surface area (Å²) >= 11 is 0. The van der Waals surface area contributed by atoms with E-state index in [1.54, 1.807) is 48.1 Å². The van der Waals surface area contributed by atoms with Gasteiger partial charge in [-0.15, -0.1) is 0 Å². The molecule has 0 spiro atoms. The first-order valence-electron chi connectivity index (χ1n) is 6.19. The van der Waals surface area contributed by atoms with Gasteiger partial charge in [0.15, 0.2) is 5.78 Å². The fourth-order valence-corrected chi connectivity index (χ4v) is 1.87. The number of ketones is 1. The number of aliphatic hydroxyl groups excluding tert-OH is 1. The van der Waals surface area contributed by atoms with Gasteiger partial charge in [-0.1, -0.05) is 12.1 Å². The lowest BCUT2D eigenvalue weighted by Crippen LogP contribution is -2.15. The maximum absolute atomic E-state index is 12.1. The summed E-state index contributed by atoms with van der Waals surface area (Å²) in [5.74, 6) is -0.358. The molecule has 5 nitrogen and oxygen atoms in total. The molecule has 0 saturated carbocycles. The first kappa shape index (κ1) is 14.0. The minimum Gasteiger partial charge on any atom is -0.392 e. The minimum atomic E-state index is -0.281. The summed E-state index contributed by atoms with van der Waals surface area (Å²) in [5.41, 5.74) is 2.34. The first-order valence-corrected chi connectivity index (χ1v) is 6.19. The van der Waals surface area contributed by atoms with Crippen molar-refractivity contribution < 1.29 is 14.7 Å². The van der Waals surface area contributed by atoms with E-state index in [1.807, 2.05) is 0 Å². The largest absolute Gasteiger partial charge is 0.392 e. The lowest BCUT2D eigenvalue weighted by atomic mass is 10.2. The Morgan fingerprint density at radius 2 is 1.90 bits per heavy atom. The predicted molar refractivity (Wildman–Crippen MR) is 75.7 cm³/mol. The number of carbonyl (C=O) groups is 2. The summed E-state index contributed by atoms with van der Waals surface area (Å²) < 4.78 is 1.62. The van der Waals surface area contributed by atoms with Gasteiger partial charge in [0.25, 0.3) is 5.91 Å². The Morgan fingerprint density at radius 3 is 2.40 bits per heavy atom. The fourth-order valence-electron chi connectivity index (χ4n) is 1.87. The van der Waals surface area contributed by atoms with Crippen molar-refractivity contribution in [1.29, 1.82) is 0 Å². The van der Waals surface area contributed by atoms with Gasteiger partial charge in [-0.3, -0.25) is 9.59 Å². The Balaban J connectivity index is 2.16. The second kappa shape index (κ2) is 5.71. The quantitative estimate of drug-likeness (QED) is 0.836. The van der Waals surface area contributed by atoms with Crippen LogP contribution in [0.15, 0.2) is 36.5 Å². The van der Waals surface area contributed by atoms with Crippen LogP contribution >= 0.6 is 0 Å². The number of hydrogen-bond acceptors (Lipinski definition) is 3. The number of nitrogens with zero attached hydrogens (tertiary/aromatic N) is 1. The van der Waals surface area contributed by atoms with E-state index in [1.165, 1.54) is 6.92 Å². The first-order chi connectivity index (χ1) is 9.51. The Labute approximate surface area is 116 Å². The van der Waals surface area contributed by atoms with Gasteiger partial charge in [0.1, 0.15) is 5.69 Å². The molecule has 0 unspecified atom stereocenters. The zero-order chi connectivity index (χ0) is 14.7. The molecule has 0 fully saturated rings. The van der Waals surface area contributed by atoms with Gasteiger partial charge in [-0.05, 0) is 30.7 Å². The number of aromatic nitrogens is 1. The number of benzene rings is 1. The molecule has 0 radical (unpaired) electrons. The molecule has 5 heteroatoms. The number of rotatable bonds is 4. The maximum atomic E-state index is 12.1. The van der Waals surface area contributed by atoms with Crippen LogP contribution in [0.1, 0.15) is 33.3 Å². The van der Waals surface area contributed by atoms with Crippen LogP contribution in [-0.4, -0.2) is 21.4 Å². The van der Waals surface area contributed by atoms with Crippen LogP contribution in [0.2, 0.25) is 0 Å². The SMILES string of the molecule is CC(=O)c1cc(C(=O)Nc2ccc(CO)cc2)n(C)c1. The van der Waals surface area contributed by atoms with Crippen molar-refractivity contribution in [3.05, 3.63) is 53.3 Å². The van der Waals surface area contributed by atoms with Gasteiger partial charge in [0.2, 0.25) is 0 Å². The van der Waals surface area contributed by atoms with Gasteiger partial charge in [0.05, 0.1) is 6.61 Å². The zero-order valence-electron chi connectivity index (χ0n) is 11.4. The van der Waals surface area contributed by atoms with Gasteiger partial charge in [-0.2, -0.15) is 0 Å². The van der Waals surface area contributed by atoms with Gasteiger partial charge in [0, 0.05) is 24.5 Å². The molecule has 2 rings (SSSR count). The van der Waals surface area contributed by atoms with E-state index in [-0.39, 0.29) is 18.3 Å². The molecule has 0 aliphatic heterocycles. The Morgan fingerprint density at radius 1 is 1.25 bits per heavy atom. The molecule has 20 heavy (non-hydrogen) atoms. The van der Waals surface area contributed by atoms with Gasteiger partial charge < -0.3 is 15.0 Å². The zero-order valence-corrected chi connectivity index (χ0v) is 11.4. The number of carbonyl (C=O) groups excluding carboxylic acids is 2. The van der Waals surface area contributed by atoms with Crippen molar-refractivity contribution in [1.82, 2.24) is 4.57 Å². The molecule has 1 heterocycles. The lowest BCUT2D eigenvalue weighted by Gasteiger charge is -2.06. The molecule has 2 aromatic rings. The second-order valence-electron chi connectivity index (χ2n) is 4.59. The number of Topliss-reactive ketones (excluding diaryl/α,β-unsaturated/α-hetero) is 1. The highest BCUT2D eigenvalue weighted by Gasteiger charge is 2.13. The van der Waals surface area contributed by atoms with Crippen molar-refractivity contribution in [3.8, 4) is 0 Å². The predicted octanol–water partition coefficient (Wildman–Crippen LogP) is 1.97. The summed E-state index contributed by atoms with van der Waals surface area (Å²) in [4.78, 5) is 23.4. The topological polar surface area (TPSA) is 71.3 Å². The molecule has 0 aliphatic carbocycles. The van der Waals surface area contributed by atoms with Crippen molar-refractivity contribution in [3.63, 3.8) is 0 Å². The highest BCUT2D eigenvalue weighted by atomic mass is 16.3. The van der Waals surface area contributed by atoms with E-state index in [9.17, 15) is 9.59 Å². The summed E-state index contributed by atoms with van der Waals surface area (Å²) in [6.45, 7) is 1.43. The number of nitrogens with one attached hydrogen (secondary N) is 1. The summed E-state index contributed by atoms with van der Waals surface area (Å²) in [5, 5.41) is 11.7. The van der Waals surface area contributed by atoms with E-state index in [2.05, 4.69) is 5.32 Å². The molecule has 2 N–H and O–H groups in total. The summed E-state index contributed by atoms with van der Waals surface area (Å²) in [6, 6.07) is 8.49. The van der Waals surface area contributed by atoms with E-state index in [0.29, 0.717) is 16.9 Å². The number of anilines is 1. The summed E-state index contributed by atoms with van der Waals surface area (Å²) in [6.07, 6.45) is 1.63. The average molecular weight is 272 g/mol. The molecule has 1 aromatic heterocycles. The van der Waals surface area contributed by atoms with Crippen LogP contribution in [0.4, 0.5) is 5.69 Å². The number of aliphatic hydroxyl groups is 1. The van der Waals surface area contributed by atoms with Crippen molar-refractivity contribution in [2.24, 2.45) is 7.05 Å². The van der Waals surface area contributed by atoms with Crippen molar-refractivity contribution >= 4 is 17.4 Å². The second-order valence-corrected chi connectivity index (χ2v) is 4.59. The van der Waals surface area contributed by atoms with E-state index < -0.39 is 0 Å². The fraction of sp³-hybridized carbons (Fsp3) is 0.200. The van der Waals surface area contributed by atoms with Crippen LogP contribution in [0, 0.1) is 0 Å². The number of hydrogen-bond donors (Lipinski definition) is 2. The normalized spacial score (nSPS) is 10.3. The Kier molecular flexibility index (Phi) is 4.00. The molecule has 0 bridgehead atoms. The van der Waals surface area contributed by atoms with Crippen molar-refractivity contribution in [2.45, 2.75) is 13.5 Å². The monoisotopic (exact) mass is 272 g/mol.